The average Bonchev–Trinajstić information content (AvgIpc) is 1.52. The van der Waals surface area contributed by atoms with Gasteiger partial charge in [0.05, 0.1) is 43.1 Å². The quantitative estimate of drug-likeness (QED) is 0.0613. The van der Waals surface area contributed by atoms with Gasteiger partial charge in [-0.15, -0.1) is 56.7 Å². The van der Waals surface area contributed by atoms with Crippen molar-refractivity contribution < 1.29 is 82.5 Å². The molecule has 8 aromatic rings. The monoisotopic (exact) mass is 1440 g/mol. The van der Waals surface area contributed by atoms with Crippen molar-refractivity contribution in [3.8, 4) is 38.4 Å². The molecule has 36 heteroatoms. The molecule has 0 unspecified atom stereocenters. The van der Waals surface area contributed by atoms with Crippen LogP contribution in [0.15, 0.2) is 56.9 Å². The van der Waals surface area contributed by atoms with E-state index in [-0.39, 0.29) is 111 Å². The van der Waals surface area contributed by atoms with E-state index in [9.17, 15) is 39.7 Å². The standard InChI is InChI=1S/C62H64N14O17S5/c1-25(77)41-53(82)72-42(26(2)88-7)56-67-35(23-96-56)52(81)73-45-47-48(93-39-16-62(4,86)49(74(5)6)27(3)92-39)61(85)90-17-28-9-8-10-37-40(28)30(18-89-47)46(76(37)87)60(84)91-19-31(64-50(79)33-22-97-58(45)68-33)55-65-32(20-95-55)43-29(54-66-34(21-94-54)51(80)71-41)15-38(78)44(70-43)57-69-36(24-98-57)59(83)75-13-11-63-12-14-75/h8-10,15,20-25,27,31,39,41,45,47-49,63,77-78,86-87H,11-14,16-19H2,1-7H3,(H,64,79)(H,71,80)(H,72,82)(H,73,81)/b42-26+/t25-,27+,31+,39+,41+,45+,47+,48+,49-,62+/m1/s1. The number of cyclic esters (lactones) is 2. The highest BCUT2D eigenvalue weighted by molar-refractivity contribution is 7.14. The number of aromatic nitrogens is 7. The van der Waals surface area contributed by atoms with Crippen LogP contribution in [0.25, 0.3) is 49.3 Å². The number of ether oxygens (including phenoxy) is 6. The first-order chi connectivity index (χ1) is 46.9. The minimum atomic E-state index is -1.90. The van der Waals surface area contributed by atoms with Gasteiger partial charge in [-0.05, 0) is 59.5 Å². The summed E-state index contributed by atoms with van der Waals surface area (Å²) in [6.07, 6.45) is -7.45. The highest BCUT2D eigenvalue weighted by Crippen LogP contribution is 2.43. The number of allylic oxidation sites excluding steroid dienone is 1. The van der Waals surface area contributed by atoms with Gasteiger partial charge in [-0.1, -0.05) is 12.1 Å². The molecule has 2 fully saturated rings. The van der Waals surface area contributed by atoms with Crippen molar-refractivity contribution >= 4 is 115 Å². The van der Waals surface area contributed by atoms with Crippen molar-refractivity contribution in [2.45, 2.75) is 108 Å². The minimum absolute atomic E-state index is 0.000434. The molecule has 12 bridgehead atoms. The highest BCUT2D eigenvalue weighted by Gasteiger charge is 2.50. The third-order valence-corrected chi connectivity index (χ3v) is 21.6. The lowest BCUT2D eigenvalue weighted by atomic mass is 9.85. The van der Waals surface area contributed by atoms with Crippen LogP contribution in [0.3, 0.4) is 0 Å². The number of methoxy groups -OCH3 is 1. The molecule has 0 saturated carbocycles. The first-order valence-electron chi connectivity index (χ1n) is 30.6. The molecule has 10 atom stereocenters. The van der Waals surface area contributed by atoms with E-state index in [2.05, 4.69) is 41.5 Å². The van der Waals surface area contributed by atoms with E-state index in [4.69, 9.17) is 43.4 Å². The summed E-state index contributed by atoms with van der Waals surface area (Å²) in [7, 11) is 4.87. The smallest absolute Gasteiger partial charge is 0.358 e. The number of pyridine rings is 1. The van der Waals surface area contributed by atoms with Crippen molar-refractivity contribution in [2.24, 2.45) is 0 Å². The number of thiazole rings is 5. The van der Waals surface area contributed by atoms with Crippen molar-refractivity contribution in [1.82, 2.24) is 71.0 Å². The predicted octanol–water partition coefficient (Wildman–Crippen LogP) is 4.21. The van der Waals surface area contributed by atoms with Gasteiger partial charge in [-0.25, -0.2) is 39.5 Å². The molecule has 12 heterocycles. The van der Waals surface area contributed by atoms with Crippen LogP contribution in [-0.4, -0.2) is 209 Å². The van der Waals surface area contributed by atoms with E-state index in [0.717, 1.165) is 56.7 Å². The molecule has 13 rings (SSSR count). The summed E-state index contributed by atoms with van der Waals surface area (Å²) >= 11 is 4.78. The van der Waals surface area contributed by atoms with Crippen molar-refractivity contribution in [3.05, 3.63) is 112 Å². The van der Waals surface area contributed by atoms with Gasteiger partial charge in [0.2, 0.25) is 5.91 Å². The summed E-state index contributed by atoms with van der Waals surface area (Å²) in [6, 6.07) is 0.880. The third kappa shape index (κ3) is 13.1. The van der Waals surface area contributed by atoms with E-state index < -0.39 is 127 Å². The van der Waals surface area contributed by atoms with E-state index in [1.54, 1.807) is 60.6 Å². The molecule has 9 N–H and O–H groups in total. The maximum Gasteiger partial charge on any atom is 0.358 e. The van der Waals surface area contributed by atoms with Gasteiger partial charge < -0.3 is 85.3 Å². The third-order valence-electron chi connectivity index (χ3n) is 17.1. The van der Waals surface area contributed by atoms with Crippen molar-refractivity contribution in [2.75, 3.05) is 54.0 Å². The van der Waals surface area contributed by atoms with E-state index >= 15 is 14.4 Å². The first-order valence-corrected chi connectivity index (χ1v) is 35.0. The van der Waals surface area contributed by atoms with Gasteiger partial charge in [0, 0.05) is 76.0 Å². The molecule has 5 amide bonds. The number of benzene rings is 1. The van der Waals surface area contributed by atoms with Crippen molar-refractivity contribution in [3.63, 3.8) is 0 Å². The largest absolute Gasteiger partial charge is 0.506 e. The molecule has 5 aliphatic heterocycles. The molecular weight excluding hydrogens is 1370 g/mol. The zero-order valence-corrected chi connectivity index (χ0v) is 57.3. The Morgan fingerprint density at radius 3 is 2.22 bits per heavy atom. The Morgan fingerprint density at radius 2 is 1.49 bits per heavy atom. The second-order valence-corrected chi connectivity index (χ2v) is 28.4. The molecular formula is C62H64N14O17S5. The van der Waals surface area contributed by atoms with E-state index in [1.165, 1.54) is 49.2 Å². The maximum absolute atomic E-state index is 15.2. The van der Waals surface area contributed by atoms with Gasteiger partial charge in [0.25, 0.3) is 23.6 Å². The van der Waals surface area contributed by atoms with Crippen LogP contribution in [0.4, 0.5) is 0 Å². The molecule has 1 aromatic carbocycles. The molecule has 0 radical (unpaired) electrons. The molecule has 514 valence electrons. The van der Waals surface area contributed by atoms with Crippen LogP contribution in [0.2, 0.25) is 0 Å². The van der Waals surface area contributed by atoms with E-state index in [0.29, 0.717) is 36.5 Å². The van der Waals surface area contributed by atoms with Crippen LogP contribution in [0.1, 0.15) is 125 Å². The van der Waals surface area contributed by atoms with Crippen LogP contribution >= 0.6 is 56.7 Å². The Morgan fingerprint density at radius 1 is 0.816 bits per heavy atom. The van der Waals surface area contributed by atoms with Gasteiger partial charge >= 0.3 is 11.9 Å². The summed E-state index contributed by atoms with van der Waals surface area (Å²) in [5, 5.41) is 69.3. The number of fused-ring (bicyclic) bond motifs is 15. The molecule has 0 spiro atoms. The fourth-order valence-electron chi connectivity index (χ4n) is 12.5. The number of hydrogen-bond donors (Lipinski definition) is 9. The van der Waals surface area contributed by atoms with Crippen molar-refractivity contribution in [1.29, 1.82) is 0 Å². The van der Waals surface area contributed by atoms with E-state index in [1.807, 2.05) is 0 Å². The van der Waals surface area contributed by atoms with Crippen LogP contribution in [-0.2, 0) is 51.2 Å². The Hall–Kier alpha value is -8.79. The topological polar surface area (TPSA) is 405 Å². The number of carbonyl (C=O) groups is 7. The number of amides is 5. The summed E-state index contributed by atoms with van der Waals surface area (Å²) in [6.45, 7) is 6.46. The lowest BCUT2D eigenvalue weighted by molar-refractivity contribution is -0.280. The Labute approximate surface area is 576 Å². The number of aliphatic hydroxyl groups excluding tert-OH is 1. The molecule has 31 nitrogen and oxygen atoms in total. The zero-order valence-electron chi connectivity index (χ0n) is 53.2. The molecule has 98 heavy (non-hydrogen) atoms. The summed E-state index contributed by atoms with van der Waals surface area (Å²) in [5.74, 6) is -6.45. The van der Waals surface area contributed by atoms with Gasteiger partial charge in [-0.2, -0.15) is 4.73 Å². The number of aromatic hydroxyl groups is 1. The second kappa shape index (κ2) is 27.5. The van der Waals surface area contributed by atoms with Gasteiger partial charge in [-0.3, -0.25) is 24.0 Å². The lowest BCUT2D eigenvalue weighted by Gasteiger charge is -2.48. The fraction of sp³-hybridized carbons (Fsp3) is 0.403. The minimum Gasteiger partial charge on any atom is -0.506 e. The predicted molar refractivity (Wildman–Crippen MR) is 353 cm³/mol. The number of esters is 2. The second-order valence-electron chi connectivity index (χ2n) is 24.1. The number of carbonyl (C=O) groups excluding carboxylic acids is 7. The van der Waals surface area contributed by atoms with Gasteiger partial charge in [0.1, 0.15) is 120 Å². The maximum atomic E-state index is 15.2. The number of nitrogens with one attached hydrogen (secondary N) is 5. The lowest BCUT2D eigenvalue weighted by Crippen LogP contribution is -2.62. The SMILES string of the molecule is CO/C(C)=C1/NC(=O)[C@H]([C@@H](C)O)NC(=O)c2csc(n2)-c2cc(O)c(-c3nc(C(=O)N4CCNCC4)cs3)nc2-c2csc(n2)[C@@H]2COC(=O)c3c4c5c(cccc5n3O)COC(=O)[C@@H](O[C@H]3C[C@](C)(O)[C@H](N(C)C)[C@H](C)O3)[C@@H](OC4)[C@H](NC(=O)c3csc1n3)c1nc(cs1)C(=O)N2. The Bertz CT molecular complexity index is 4510. The fourth-order valence-corrected chi connectivity index (χ4v) is 16.7. The normalized spacial score (nSPS) is 25.1. The first kappa shape index (κ1) is 67.8. The molecule has 0 aliphatic carbocycles. The number of hydrogen-bond acceptors (Lipinski definition) is 30. The number of likely N-dealkylation sites (N-methyl/N-ethyl adjacent to an activating group) is 1. The summed E-state index contributed by atoms with van der Waals surface area (Å²) in [4.78, 5) is 135. The van der Waals surface area contributed by atoms with Crippen LogP contribution in [0.5, 0.6) is 5.75 Å². The van der Waals surface area contributed by atoms with Crippen LogP contribution < -0.4 is 26.6 Å². The summed E-state index contributed by atoms with van der Waals surface area (Å²) < 4.78 is 38.3. The van der Waals surface area contributed by atoms with Crippen LogP contribution in [0, 0.1) is 0 Å². The molecule has 5 aliphatic rings. The average molecular weight is 1440 g/mol. The zero-order chi connectivity index (χ0) is 69.2. The van der Waals surface area contributed by atoms with Gasteiger partial charge in [0.15, 0.2) is 18.1 Å². The Balaban J connectivity index is 0.983. The number of piperazine rings is 1. The highest BCUT2D eigenvalue weighted by atomic mass is 32.1. The number of nitrogens with zero attached hydrogens (tertiary/aromatic N) is 9. The number of rotatable bonds is 7. The molecule has 7 aromatic heterocycles. The summed E-state index contributed by atoms with van der Waals surface area (Å²) in [5.41, 5.74) is -1.96. The molecule has 2 saturated heterocycles. The number of aliphatic hydroxyl groups is 2. The Kier molecular flexibility index (Phi) is 19.0.